The van der Waals surface area contributed by atoms with Crippen LogP contribution in [0.4, 0.5) is 0 Å². The Balaban J connectivity index is 2.19. The Hall–Kier alpha value is -0.810. The summed E-state index contributed by atoms with van der Waals surface area (Å²) in [5.41, 5.74) is 4.53. The van der Waals surface area contributed by atoms with Crippen molar-refractivity contribution in [2.45, 2.75) is 32.2 Å². The molecule has 0 spiro atoms. The summed E-state index contributed by atoms with van der Waals surface area (Å²) in [6.07, 6.45) is 0.908. The van der Waals surface area contributed by atoms with Crippen LogP contribution in [-0.2, 0) is 25.4 Å². The minimum atomic E-state index is 0.507. The van der Waals surface area contributed by atoms with Crippen LogP contribution in [-0.4, -0.2) is 9.78 Å². The first kappa shape index (κ1) is 15.6. The van der Waals surface area contributed by atoms with Gasteiger partial charge in [0.25, 0.3) is 0 Å². The van der Waals surface area contributed by atoms with Crippen molar-refractivity contribution in [1.29, 1.82) is 0 Å². The van der Waals surface area contributed by atoms with E-state index in [9.17, 15) is 0 Å². The number of nitrogens with zero attached hydrogens (tertiary/aromatic N) is 2. The molecule has 1 aromatic carbocycles. The van der Waals surface area contributed by atoms with Gasteiger partial charge in [-0.05, 0) is 35.3 Å². The maximum atomic E-state index is 5.97. The second-order valence-electron chi connectivity index (χ2n) is 4.72. The van der Waals surface area contributed by atoms with Gasteiger partial charge in [0.05, 0.1) is 15.9 Å². The molecule has 0 unspecified atom stereocenters. The van der Waals surface area contributed by atoms with Crippen molar-refractivity contribution in [3.63, 3.8) is 0 Å². The highest BCUT2D eigenvalue weighted by molar-refractivity contribution is 9.10. The quantitative estimate of drug-likeness (QED) is 0.688. The van der Waals surface area contributed by atoms with Crippen molar-refractivity contribution in [2.24, 2.45) is 7.05 Å². The lowest BCUT2D eigenvalue weighted by atomic mass is 10.1. The molecule has 2 aromatic rings. The molecule has 1 heterocycles. The molecule has 0 aliphatic rings. The largest absolute Gasteiger partial charge is 0.487 e. The summed E-state index contributed by atoms with van der Waals surface area (Å²) < 4.78 is 8.90. The Morgan fingerprint density at radius 1 is 1.35 bits per heavy atom. The van der Waals surface area contributed by atoms with Gasteiger partial charge in [-0.1, -0.05) is 40.5 Å². The molecule has 0 fully saturated rings. The third-order valence-corrected chi connectivity index (χ3v) is 4.75. The first-order valence-corrected chi connectivity index (χ1v) is 8.46. The van der Waals surface area contributed by atoms with Crippen LogP contribution in [0.15, 0.2) is 22.7 Å². The van der Waals surface area contributed by atoms with E-state index in [1.54, 1.807) is 0 Å². The molecular formula is C15H18Br2N2O. The number of benzene rings is 1. The minimum Gasteiger partial charge on any atom is -0.487 e. The van der Waals surface area contributed by atoms with Gasteiger partial charge in [0.2, 0.25) is 0 Å². The zero-order chi connectivity index (χ0) is 14.7. The van der Waals surface area contributed by atoms with Gasteiger partial charge >= 0.3 is 0 Å². The molecule has 5 heteroatoms. The van der Waals surface area contributed by atoms with Gasteiger partial charge < -0.3 is 4.74 Å². The van der Waals surface area contributed by atoms with Crippen LogP contribution in [0.25, 0.3) is 0 Å². The van der Waals surface area contributed by atoms with Crippen LogP contribution in [0.3, 0.4) is 0 Å². The minimum absolute atomic E-state index is 0.507. The zero-order valence-electron chi connectivity index (χ0n) is 11.9. The smallest absolute Gasteiger partial charge is 0.131 e. The number of ether oxygens (including phenoxy) is 1. The molecule has 0 aliphatic heterocycles. The summed E-state index contributed by atoms with van der Waals surface area (Å²) in [5, 5.41) is 5.27. The molecule has 108 valence electrons. The van der Waals surface area contributed by atoms with Crippen molar-refractivity contribution < 1.29 is 4.74 Å². The number of hydrogen-bond donors (Lipinski definition) is 0. The van der Waals surface area contributed by atoms with E-state index in [1.165, 1.54) is 11.1 Å². The lowest BCUT2D eigenvalue weighted by Gasteiger charge is -2.11. The summed E-state index contributed by atoms with van der Waals surface area (Å²) >= 11 is 7.12. The fraction of sp³-hybridized carbons (Fsp3) is 0.400. The van der Waals surface area contributed by atoms with Crippen LogP contribution in [0.5, 0.6) is 5.75 Å². The topological polar surface area (TPSA) is 27.1 Å². The van der Waals surface area contributed by atoms with Crippen LogP contribution in [0.1, 0.15) is 29.4 Å². The normalized spacial score (nSPS) is 10.8. The van der Waals surface area contributed by atoms with Gasteiger partial charge in [-0.2, -0.15) is 5.10 Å². The first-order chi connectivity index (χ1) is 9.56. The number of hydrogen-bond acceptors (Lipinski definition) is 2. The highest BCUT2D eigenvalue weighted by Gasteiger charge is 2.13. The molecule has 0 saturated heterocycles. The number of alkyl halides is 1. The van der Waals surface area contributed by atoms with Crippen molar-refractivity contribution in [2.75, 3.05) is 0 Å². The van der Waals surface area contributed by atoms with Crippen molar-refractivity contribution in [3.05, 3.63) is 45.2 Å². The second-order valence-corrected chi connectivity index (χ2v) is 6.07. The Labute approximate surface area is 136 Å². The van der Waals surface area contributed by atoms with Gasteiger partial charge in [-0.15, -0.1) is 0 Å². The van der Waals surface area contributed by atoms with Gasteiger partial charge in [0.1, 0.15) is 12.4 Å². The van der Waals surface area contributed by atoms with Crippen LogP contribution < -0.4 is 4.74 Å². The highest BCUT2D eigenvalue weighted by Crippen LogP contribution is 2.26. The molecule has 0 amide bonds. The number of aromatic nitrogens is 2. The van der Waals surface area contributed by atoms with Crippen LogP contribution >= 0.6 is 31.9 Å². The maximum Gasteiger partial charge on any atom is 0.131 e. The third kappa shape index (κ3) is 3.26. The van der Waals surface area contributed by atoms with E-state index in [0.717, 1.165) is 33.4 Å². The van der Waals surface area contributed by atoms with E-state index < -0.39 is 0 Å². The van der Waals surface area contributed by atoms with Crippen LogP contribution in [0.2, 0.25) is 0 Å². The lowest BCUT2D eigenvalue weighted by Crippen LogP contribution is -2.04. The number of rotatable bonds is 5. The summed E-state index contributed by atoms with van der Waals surface area (Å²) in [4.78, 5) is 0. The molecule has 0 radical (unpaired) electrons. The molecule has 0 atom stereocenters. The monoisotopic (exact) mass is 400 g/mol. The number of aryl methyl sites for hydroxylation is 3. The standard InChI is InChI=1S/C15H18Br2N2O/c1-4-12-15(17)13(19(3)18-12)9-20-14-6-5-10(2)7-11(14)8-16/h5-7H,4,8-9H2,1-3H3. The SMILES string of the molecule is CCc1nn(C)c(COc2ccc(C)cc2CBr)c1Br. The van der Waals surface area contributed by atoms with Crippen molar-refractivity contribution in [3.8, 4) is 5.75 Å². The molecule has 1 aromatic heterocycles. The third-order valence-electron chi connectivity index (χ3n) is 3.23. The second kappa shape index (κ2) is 6.76. The van der Waals surface area contributed by atoms with E-state index in [2.05, 4.69) is 62.9 Å². The Kier molecular flexibility index (Phi) is 5.27. The van der Waals surface area contributed by atoms with E-state index in [-0.39, 0.29) is 0 Å². The summed E-state index contributed by atoms with van der Waals surface area (Å²) in [6, 6.07) is 6.23. The molecule has 20 heavy (non-hydrogen) atoms. The fourth-order valence-electron chi connectivity index (χ4n) is 2.08. The van der Waals surface area contributed by atoms with E-state index in [4.69, 9.17) is 4.74 Å². The average molecular weight is 402 g/mol. The maximum absolute atomic E-state index is 5.97. The van der Waals surface area contributed by atoms with E-state index in [1.807, 2.05) is 17.8 Å². The van der Waals surface area contributed by atoms with Gasteiger partial charge in [-0.25, -0.2) is 0 Å². The van der Waals surface area contributed by atoms with Gasteiger partial charge in [0.15, 0.2) is 0 Å². The number of halogens is 2. The Morgan fingerprint density at radius 2 is 2.10 bits per heavy atom. The molecule has 0 saturated carbocycles. The molecule has 0 N–H and O–H groups in total. The Bertz CT molecular complexity index is 608. The lowest BCUT2D eigenvalue weighted by molar-refractivity contribution is 0.292. The van der Waals surface area contributed by atoms with E-state index >= 15 is 0 Å². The van der Waals surface area contributed by atoms with E-state index in [0.29, 0.717) is 6.61 Å². The first-order valence-electron chi connectivity index (χ1n) is 6.55. The predicted molar refractivity (Wildman–Crippen MR) is 88.4 cm³/mol. The zero-order valence-corrected chi connectivity index (χ0v) is 15.1. The highest BCUT2D eigenvalue weighted by atomic mass is 79.9. The van der Waals surface area contributed by atoms with Crippen molar-refractivity contribution in [1.82, 2.24) is 9.78 Å². The summed E-state index contributed by atoms with van der Waals surface area (Å²) in [7, 11) is 1.95. The fourth-order valence-corrected chi connectivity index (χ4v) is 3.25. The molecule has 2 rings (SSSR count). The molecule has 3 nitrogen and oxygen atoms in total. The van der Waals surface area contributed by atoms with Crippen molar-refractivity contribution >= 4 is 31.9 Å². The molecule has 0 aliphatic carbocycles. The Morgan fingerprint density at radius 3 is 2.70 bits per heavy atom. The van der Waals surface area contributed by atoms with Crippen LogP contribution in [0, 0.1) is 6.92 Å². The predicted octanol–water partition coefficient (Wildman–Crippen LogP) is 4.53. The molecular weight excluding hydrogens is 384 g/mol. The van der Waals surface area contributed by atoms with Gasteiger partial charge in [0, 0.05) is 17.9 Å². The summed E-state index contributed by atoms with van der Waals surface area (Å²) in [5.74, 6) is 0.915. The average Bonchev–Trinajstić information content (AvgIpc) is 2.72. The summed E-state index contributed by atoms with van der Waals surface area (Å²) in [6.45, 7) is 4.69. The van der Waals surface area contributed by atoms with Gasteiger partial charge in [-0.3, -0.25) is 4.68 Å². The molecule has 0 bridgehead atoms.